The lowest BCUT2D eigenvalue weighted by atomic mass is 9.96. The van der Waals surface area contributed by atoms with Gasteiger partial charge < -0.3 is 69.3 Å². The minimum atomic E-state index is -1.39. The van der Waals surface area contributed by atoms with Crippen LogP contribution < -0.4 is 54.0 Å². The molecule has 0 saturated carbocycles. The molecule has 23 heteroatoms. The number of carbonyl (C=O) groups excluding carboxylic acids is 9. The minimum absolute atomic E-state index is 0.00639. The second-order valence-electron chi connectivity index (χ2n) is 20.2. The Labute approximate surface area is 451 Å². The third-order valence-electron chi connectivity index (χ3n) is 12.8. The Balaban J connectivity index is 2.42. The van der Waals surface area contributed by atoms with Crippen LogP contribution in [0.4, 0.5) is 0 Å². The second-order valence-corrected chi connectivity index (χ2v) is 20.2. The van der Waals surface area contributed by atoms with E-state index < -0.39 is 120 Å². The average molecular weight is 1080 g/mol. The Morgan fingerprint density at radius 3 is 1.32 bits per heavy atom. The van der Waals surface area contributed by atoms with Crippen LogP contribution >= 0.6 is 0 Å². The molecule has 2 aromatic rings. The van der Waals surface area contributed by atoms with Gasteiger partial charge in [0, 0.05) is 25.7 Å². The Morgan fingerprint density at radius 2 is 0.883 bits per heavy atom. The zero-order valence-corrected chi connectivity index (χ0v) is 45.7. The lowest BCUT2D eigenvalue weighted by Gasteiger charge is -2.30. The van der Waals surface area contributed by atoms with Crippen molar-refractivity contribution in [1.29, 1.82) is 0 Å². The normalized spacial score (nSPS) is 14.7. The Morgan fingerprint density at radius 1 is 0.481 bits per heavy atom. The van der Waals surface area contributed by atoms with E-state index in [0.717, 1.165) is 0 Å². The molecule has 2 aromatic carbocycles. The van der Waals surface area contributed by atoms with Crippen molar-refractivity contribution in [1.82, 2.24) is 42.5 Å². The molecular formula is C54H84N10O13. The molecule has 0 fully saturated rings. The van der Waals surface area contributed by atoms with Gasteiger partial charge in [0.05, 0.1) is 0 Å². The van der Waals surface area contributed by atoms with E-state index in [1.54, 1.807) is 53.7 Å². The molecule has 428 valence electrons. The summed E-state index contributed by atoms with van der Waals surface area (Å²) in [5.41, 5.74) is 12.5. The van der Waals surface area contributed by atoms with Gasteiger partial charge in [0.1, 0.15) is 59.8 Å². The maximum absolute atomic E-state index is 14.4. The number of phenolic OH excluding ortho intramolecular Hbond substituents is 2. The van der Waals surface area contributed by atoms with Crippen LogP contribution in [0.3, 0.4) is 0 Å². The molecule has 0 aliphatic heterocycles. The maximum atomic E-state index is 14.4. The number of aliphatic carboxylic acids is 1. The topological polar surface area (TPSA) is 380 Å². The molecule has 0 radical (unpaired) electrons. The van der Waals surface area contributed by atoms with E-state index in [2.05, 4.69) is 42.5 Å². The highest BCUT2D eigenvalue weighted by Gasteiger charge is 2.36. The number of carboxylic acids is 1. The molecule has 0 aliphatic rings. The molecule has 23 nitrogen and oxygen atoms in total. The van der Waals surface area contributed by atoms with Crippen LogP contribution in [0.1, 0.15) is 131 Å². The molecule has 0 aromatic heterocycles. The zero-order valence-electron chi connectivity index (χ0n) is 45.7. The predicted octanol–water partition coefficient (Wildman–Crippen LogP) is 1.20. The Bertz CT molecular complexity index is 2280. The fraction of sp³-hybridized carbons (Fsp3) is 0.593. The summed E-state index contributed by atoms with van der Waals surface area (Å²) in [5.74, 6) is -8.71. The number of nitrogens with one attached hydrogen (secondary N) is 8. The van der Waals surface area contributed by atoms with Gasteiger partial charge in [0.25, 0.3) is 0 Å². The number of primary amides is 1. The van der Waals surface area contributed by atoms with E-state index in [-0.39, 0.29) is 81.2 Å². The number of amides is 9. The molecule has 0 saturated heterocycles. The van der Waals surface area contributed by atoms with Gasteiger partial charge in [0.15, 0.2) is 0 Å². The van der Waals surface area contributed by atoms with Gasteiger partial charge in [-0.3, -0.25) is 47.9 Å². The number of hydrogen-bond donors (Lipinski definition) is 13. The van der Waals surface area contributed by atoms with Crippen molar-refractivity contribution in [3.05, 3.63) is 59.7 Å². The lowest BCUT2D eigenvalue weighted by molar-refractivity contribution is -0.138. The van der Waals surface area contributed by atoms with Crippen molar-refractivity contribution in [3.63, 3.8) is 0 Å². The summed E-state index contributed by atoms with van der Waals surface area (Å²) in [4.78, 5) is 135. The van der Waals surface area contributed by atoms with E-state index in [1.807, 2.05) is 13.8 Å². The van der Waals surface area contributed by atoms with Gasteiger partial charge in [-0.2, -0.15) is 0 Å². The SMILES string of the molecule is CCC(=O)N[C@@H](CCC(=O)O)C(=O)N[C@@H](CC(C)C)C(=O)N[C@@H](Cc1ccc(O)cc1)C(=O)N[C@@H](CCCCN)C(=O)N[C@@H](CC)C(=O)N[C@H](C(=O)N[C@@H](CC(C)C)C(=O)N[C@@H](Cc1ccc(O)cc1)C(N)=O)[C@@H](C)CC. The molecule has 0 unspecified atom stereocenters. The van der Waals surface area contributed by atoms with Gasteiger partial charge in [-0.15, -0.1) is 0 Å². The van der Waals surface area contributed by atoms with Gasteiger partial charge in [0.2, 0.25) is 53.2 Å². The minimum Gasteiger partial charge on any atom is -0.508 e. The lowest BCUT2D eigenvalue weighted by Crippen LogP contribution is -2.61. The first-order valence-corrected chi connectivity index (χ1v) is 26.5. The summed E-state index contributed by atoms with van der Waals surface area (Å²) in [5, 5.41) is 50.4. The number of benzene rings is 2. The number of carboxylic acid groups (broad SMARTS) is 1. The van der Waals surface area contributed by atoms with E-state index in [4.69, 9.17) is 11.5 Å². The highest BCUT2D eigenvalue weighted by atomic mass is 16.4. The maximum Gasteiger partial charge on any atom is 0.303 e. The number of hydrogen-bond acceptors (Lipinski definition) is 13. The molecule has 2 rings (SSSR count). The molecule has 9 amide bonds. The van der Waals surface area contributed by atoms with Crippen molar-refractivity contribution in [2.24, 2.45) is 29.2 Å². The number of carbonyl (C=O) groups is 10. The van der Waals surface area contributed by atoms with Crippen LogP contribution in [0.5, 0.6) is 11.5 Å². The van der Waals surface area contributed by atoms with Gasteiger partial charge in [-0.05, 0) is 105 Å². The van der Waals surface area contributed by atoms with Crippen molar-refractivity contribution in [2.45, 2.75) is 181 Å². The molecule has 77 heavy (non-hydrogen) atoms. The smallest absolute Gasteiger partial charge is 0.303 e. The molecular weight excluding hydrogens is 997 g/mol. The summed E-state index contributed by atoms with van der Waals surface area (Å²) in [7, 11) is 0. The highest BCUT2D eigenvalue weighted by Crippen LogP contribution is 2.17. The first-order chi connectivity index (χ1) is 36.3. The summed E-state index contributed by atoms with van der Waals surface area (Å²) in [6.07, 6.45) is 0.657. The van der Waals surface area contributed by atoms with Crippen LogP contribution in [0.15, 0.2) is 48.5 Å². The molecule has 15 N–H and O–H groups in total. The summed E-state index contributed by atoms with van der Waals surface area (Å²) in [6.45, 7) is 14.2. The fourth-order valence-corrected chi connectivity index (χ4v) is 8.10. The van der Waals surface area contributed by atoms with Crippen molar-refractivity contribution < 1.29 is 63.3 Å². The predicted molar refractivity (Wildman–Crippen MR) is 287 cm³/mol. The molecule has 0 aliphatic carbocycles. The molecule has 0 heterocycles. The molecule has 0 bridgehead atoms. The number of nitrogens with two attached hydrogens (primary N) is 2. The zero-order chi connectivity index (χ0) is 57.9. The van der Waals surface area contributed by atoms with Crippen LogP contribution in [-0.4, -0.2) is 129 Å². The van der Waals surface area contributed by atoms with Gasteiger partial charge >= 0.3 is 5.97 Å². The second kappa shape index (κ2) is 33.7. The summed E-state index contributed by atoms with van der Waals surface area (Å²) >= 11 is 0. The monoisotopic (exact) mass is 1080 g/mol. The largest absolute Gasteiger partial charge is 0.508 e. The van der Waals surface area contributed by atoms with E-state index >= 15 is 0 Å². The first-order valence-electron chi connectivity index (χ1n) is 26.5. The third kappa shape index (κ3) is 24.1. The highest BCUT2D eigenvalue weighted by molar-refractivity contribution is 5.98. The average Bonchev–Trinajstić information content (AvgIpc) is 3.37. The number of phenols is 2. The molecule has 9 atom stereocenters. The number of aromatic hydroxyl groups is 2. The van der Waals surface area contributed by atoms with Gasteiger partial charge in [-0.1, -0.05) is 86.1 Å². The van der Waals surface area contributed by atoms with Crippen molar-refractivity contribution in [3.8, 4) is 11.5 Å². The Hall–Kier alpha value is -7.30. The third-order valence-corrected chi connectivity index (χ3v) is 12.8. The first kappa shape index (κ1) is 65.8. The Kier molecular flexibility index (Phi) is 28.8. The quantitative estimate of drug-likeness (QED) is 0.0432. The molecule has 0 spiro atoms. The van der Waals surface area contributed by atoms with E-state index in [1.165, 1.54) is 36.4 Å². The summed E-state index contributed by atoms with van der Waals surface area (Å²) in [6, 6.07) is 1.84. The number of rotatable bonds is 35. The fourth-order valence-electron chi connectivity index (χ4n) is 8.10. The van der Waals surface area contributed by atoms with Crippen molar-refractivity contribution >= 4 is 59.1 Å². The van der Waals surface area contributed by atoms with Crippen LogP contribution in [-0.2, 0) is 60.8 Å². The van der Waals surface area contributed by atoms with Gasteiger partial charge in [-0.25, -0.2) is 0 Å². The number of unbranched alkanes of at least 4 members (excludes halogenated alkanes) is 1. The summed E-state index contributed by atoms with van der Waals surface area (Å²) < 4.78 is 0. The standard InChI is InChI=1S/C54H84N10O13/c1-9-32(8)46(54(77)63-42(27-31(6)7)51(74)60-40(47(56)70)28-33-15-19-35(65)20-16-33)64-48(71)37(10-2)58-49(72)38(14-12-13-25-55)59-53(76)43(29-34-17-21-36(66)22-18-34)62-52(75)41(26-30(4)5)61-50(73)39(23-24-45(68)69)57-44(67)11-3/h15-22,30-32,37-43,46,65-66H,9-14,23-29,55H2,1-8H3,(H2,56,70)(H,57,67)(H,58,72)(H,59,76)(H,60,74)(H,61,73)(H,62,75)(H,63,77)(H,64,71)(H,68,69)/t32-,37-,38-,39-,40-,41-,42-,43-,46-/m0/s1. The van der Waals surface area contributed by atoms with E-state index in [9.17, 15) is 63.3 Å². The van der Waals surface area contributed by atoms with Crippen LogP contribution in [0.2, 0.25) is 0 Å². The van der Waals surface area contributed by atoms with E-state index in [0.29, 0.717) is 30.4 Å². The van der Waals surface area contributed by atoms with Crippen LogP contribution in [0, 0.1) is 17.8 Å². The van der Waals surface area contributed by atoms with Crippen LogP contribution in [0.25, 0.3) is 0 Å². The van der Waals surface area contributed by atoms with Crippen molar-refractivity contribution in [2.75, 3.05) is 6.54 Å².